The molecule has 1 atom stereocenters. The largest absolute Gasteiger partial charge is 0.357 e. The number of likely N-dealkylation sites (N-methyl/N-ethyl adjacent to an activating group) is 1. The molecule has 0 bridgehead atoms. The predicted molar refractivity (Wildman–Crippen MR) is 80.8 cm³/mol. The Morgan fingerprint density at radius 1 is 1.29 bits per heavy atom. The molecular formula is C13H20N4O3S. The highest BCUT2D eigenvalue weighted by Crippen LogP contribution is 2.21. The third-order valence-electron chi connectivity index (χ3n) is 3.54. The van der Waals surface area contributed by atoms with Crippen LogP contribution in [-0.2, 0) is 14.8 Å². The van der Waals surface area contributed by atoms with Crippen LogP contribution in [0.4, 0.5) is 5.69 Å². The van der Waals surface area contributed by atoms with Crippen molar-refractivity contribution in [2.24, 2.45) is 0 Å². The number of carbonyl (C=O) groups excluding carboxylic acids is 1. The number of nitrogens with zero attached hydrogens (tertiary/aromatic N) is 1. The molecule has 0 aromatic heterocycles. The number of hydrogen-bond donors (Lipinski definition) is 3. The maximum absolute atomic E-state index is 11.9. The lowest BCUT2D eigenvalue weighted by Gasteiger charge is -2.36. The summed E-state index contributed by atoms with van der Waals surface area (Å²) in [6.07, 6.45) is 0. The van der Waals surface area contributed by atoms with E-state index < -0.39 is 10.0 Å². The van der Waals surface area contributed by atoms with Gasteiger partial charge in [-0.1, -0.05) is 0 Å². The van der Waals surface area contributed by atoms with Gasteiger partial charge in [-0.15, -0.1) is 0 Å². The lowest BCUT2D eigenvalue weighted by molar-refractivity contribution is -0.122. The zero-order valence-corrected chi connectivity index (χ0v) is 12.9. The normalized spacial score (nSPS) is 19.3. The monoisotopic (exact) mass is 312 g/mol. The molecule has 1 aromatic rings. The highest BCUT2D eigenvalue weighted by Gasteiger charge is 2.28. The number of anilines is 1. The van der Waals surface area contributed by atoms with Crippen molar-refractivity contribution in [3.8, 4) is 0 Å². The maximum atomic E-state index is 11.9. The van der Waals surface area contributed by atoms with Gasteiger partial charge >= 0.3 is 0 Å². The first kappa shape index (κ1) is 15.7. The van der Waals surface area contributed by atoms with Gasteiger partial charge in [-0.2, -0.15) is 0 Å². The fraction of sp³-hybridized carbons (Fsp3) is 0.462. The Hall–Kier alpha value is -1.64. The molecule has 21 heavy (non-hydrogen) atoms. The molecule has 1 amide bonds. The molecule has 116 valence electrons. The SMILES string of the molecule is CNC(=O)C1CNCCN1c1ccc(S(=O)(=O)NC)cc1. The maximum Gasteiger partial charge on any atom is 0.243 e. The first-order valence-electron chi connectivity index (χ1n) is 6.72. The van der Waals surface area contributed by atoms with Crippen LogP contribution >= 0.6 is 0 Å². The van der Waals surface area contributed by atoms with Crippen LogP contribution in [0, 0.1) is 0 Å². The molecule has 1 saturated heterocycles. The van der Waals surface area contributed by atoms with E-state index in [1.165, 1.54) is 7.05 Å². The van der Waals surface area contributed by atoms with Gasteiger partial charge in [-0.25, -0.2) is 13.1 Å². The summed E-state index contributed by atoms with van der Waals surface area (Å²) >= 11 is 0. The molecule has 0 radical (unpaired) electrons. The van der Waals surface area contributed by atoms with E-state index in [1.807, 2.05) is 4.90 Å². The second kappa shape index (κ2) is 6.42. The summed E-state index contributed by atoms with van der Waals surface area (Å²) in [6.45, 7) is 2.04. The van der Waals surface area contributed by atoms with Gasteiger partial charge in [0, 0.05) is 32.4 Å². The minimum Gasteiger partial charge on any atom is -0.357 e. The van der Waals surface area contributed by atoms with Crippen molar-refractivity contribution in [3.63, 3.8) is 0 Å². The van der Waals surface area contributed by atoms with E-state index in [0.717, 1.165) is 12.2 Å². The average molecular weight is 312 g/mol. The van der Waals surface area contributed by atoms with Gasteiger partial charge in [0.1, 0.15) is 6.04 Å². The van der Waals surface area contributed by atoms with Crippen molar-refractivity contribution in [1.29, 1.82) is 0 Å². The summed E-state index contributed by atoms with van der Waals surface area (Å²) in [5.41, 5.74) is 0.833. The topological polar surface area (TPSA) is 90.5 Å². The minimum absolute atomic E-state index is 0.0610. The summed E-state index contributed by atoms with van der Waals surface area (Å²) < 4.78 is 25.7. The Morgan fingerprint density at radius 2 is 1.95 bits per heavy atom. The molecule has 1 unspecified atom stereocenters. The number of carbonyl (C=O) groups is 1. The van der Waals surface area contributed by atoms with Gasteiger partial charge in [-0.05, 0) is 31.3 Å². The van der Waals surface area contributed by atoms with Crippen LogP contribution < -0.4 is 20.3 Å². The molecule has 7 nitrogen and oxygen atoms in total. The van der Waals surface area contributed by atoms with Crippen LogP contribution in [-0.4, -0.2) is 54.1 Å². The first-order valence-corrected chi connectivity index (χ1v) is 8.20. The summed E-state index contributed by atoms with van der Waals surface area (Å²) in [5, 5.41) is 5.84. The van der Waals surface area contributed by atoms with E-state index in [-0.39, 0.29) is 16.8 Å². The van der Waals surface area contributed by atoms with Crippen LogP contribution in [0.1, 0.15) is 0 Å². The zero-order chi connectivity index (χ0) is 15.5. The second-order valence-corrected chi connectivity index (χ2v) is 6.62. The molecule has 2 rings (SSSR count). The van der Waals surface area contributed by atoms with Gasteiger partial charge < -0.3 is 15.5 Å². The van der Waals surface area contributed by atoms with Crippen molar-refractivity contribution >= 4 is 21.6 Å². The van der Waals surface area contributed by atoms with E-state index in [9.17, 15) is 13.2 Å². The van der Waals surface area contributed by atoms with Gasteiger partial charge in [0.05, 0.1) is 4.90 Å². The molecule has 1 heterocycles. The van der Waals surface area contributed by atoms with Crippen LogP contribution in [0.5, 0.6) is 0 Å². The number of nitrogens with one attached hydrogen (secondary N) is 3. The molecule has 8 heteroatoms. The smallest absolute Gasteiger partial charge is 0.243 e. The van der Waals surface area contributed by atoms with Crippen LogP contribution in [0.2, 0.25) is 0 Å². The Labute approximate surface area is 124 Å². The Balaban J connectivity index is 2.26. The Morgan fingerprint density at radius 3 is 2.52 bits per heavy atom. The second-order valence-electron chi connectivity index (χ2n) is 4.73. The van der Waals surface area contributed by atoms with E-state index >= 15 is 0 Å². The number of benzene rings is 1. The van der Waals surface area contributed by atoms with Gasteiger partial charge in [0.2, 0.25) is 15.9 Å². The van der Waals surface area contributed by atoms with Crippen molar-refractivity contribution in [3.05, 3.63) is 24.3 Å². The first-order chi connectivity index (χ1) is 9.99. The van der Waals surface area contributed by atoms with Crippen LogP contribution in [0.3, 0.4) is 0 Å². The van der Waals surface area contributed by atoms with Crippen molar-refractivity contribution in [2.45, 2.75) is 10.9 Å². The molecule has 1 aliphatic rings. The minimum atomic E-state index is -3.44. The van der Waals surface area contributed by atoms with Crippen LogP contribution in [0.25, 0.3) is 0 Å². The molecule has 0 spiro atoms. The van der Waals surface area contributed by atoms with Gasteiger partial charge in [0.25, 0.3) is 0 Å². The molecule has 0 saturated carbocycles. The number of sulfonamides is 1. The van der Waals surface area contributed by atoms with E-state index in [2.05, 4.69) is 15.4 Å². The fourth-order valence-corrected chi connectivity index (χ4v) is 3.08. The zero-order valence-electron chi connectivity index (χ0n) is 12.1. The summed E-state index contributed by atoms with van der Waals surface area (Å²) in [7, 11) is -0.455. The van der Waals surface area contributed by atoms with Crippen LogP contribution in [0.15, 0.2) is 29.2 Å². The number of amides is 1. The number of rotatable bonds is 4. The highest BCUT2D eigenvalue weighted by atomic mass is 32.2. The predicted octanol–water partition coefficient (Wildman–Crippen LogP) is -0.881. The Kier molecular flexibility index (Phi) is 4.81. The van der Waals surface area contributed by atoms with E-state index in [4.69, 9.17) is 0 Å². The quantitative estimate of drug-likeness (QED) is 0.672. The third-order valence-corrected chi connectivity index (χ3v) is 4.97. The lowest BCUT2D eigenvalue weighted by Crippen LogP contribution is -2.57. The average Bonchev–Trinajstić information content (AvgIpc) is 2.54. The van der Waals surface area contributed by atoms with Crippen molar-refractivity contribution in [1.82, 2.24) is 15.4 Å². The number of hydrogen-bond acceptors (Lipinski definition) is 5. The number of piperazine rings is 1. The lowest BCUT2D eigenvalue weighted by atomic mass is 10.1. The molecule has 1 aromatic carbocycles. The fourth-order valence-electron chi connectivity index (χ4n) is 2.35. The van der Waals surface area contributed by atoms with E-state index in [1.54, 1.807) is 31.3 Å². The van der Waals surface area contributed by atoms with Gasteiger partial charge in [0.15, 0.2) is 0 Å². The Bertz CT molecular complexity index is 600. The molecule has 3 N–H and O–H groups in total. The summed E-state index contributed by atoms with van der Waals surface area (Å²) in [6, 6.07) is 6.25. The molecule has 0 aliphatic carbocycles. The standard InChI is InChI=1S/C13H20N4O3S/c1-14-13(18)12-9-16-7-8-17(12)10-3-5-11(6-4-10)21(19,20)15-2/h3-6,12,15-16H,7-9H2,1-2H3,(H,14,18). The summed E-state index contributed by atoms with van der Waals surface area (Å²) in [4.78, 5) is 14.1. The van der Waals surface area contributed by atoms with Crippen molar-refractivity contribution in [2.75, 3.05) is 38.6 Å². The molecular weight excluding hydrogens is 292 g/mol. The molecule has 1 aliphatic heterocycles. The van der Waals surface area contributed by atoms with E-state index in [0.29, 0.717) is 13.1 Å². The molecule has 1 fully saturated rings. The van der Waals surface area contributed by atoms with Crippen molar-refractivity contribution < 1.29 is 13.2 Å². The third kappa shape index (κ3) is 3.34. The summed E-state index contributed by atoms with van der Waals surface area (Å²) in [5.74, 6) is -0.0610. The highest BCUT2D eigenvalue weighted by molar-refractivity contribution is 7.89. The van der Waals surface area contributed by atoms with Gasteiger partial charge in [-0.3, -0.25) is 4.79 Å².